The molecule has 0 N–H and O–H groups in total. The third-order valence-electron chi connectivity index (χ3n) is 3.36. The number of hydrogen-bond donors (Lipinski definition) is 0. The summed E-state index contributed by atoms with van der Waals surface area (Å²) in [6.45, 7) is 0.381. The topological polar surface area (TPSA) is 46.6 Å². The van der Waals surface area contributed by atoms with E-state index >= 15 is 0 Å². The Balaban J connectivity index is 2.00. The number of nitrogens with zero attached hydrogens (tertiary/aromatic N) is 1. The highest BCUT2D eigenvalue weighted by Crippen LogP contribution is 2.33. The molecule has 0 saturated carbocycles. The molecule has 4 nitrogen and oxygen atoms in total. The fourth-order valence-corrected chi connectivity index (χ4v) is 2.32. The fraction of sp³-hybridized carbons (Fsp3) is 0.125. The van der Waals surface area contributed by atoms with Gasteiger partial charge in [-0.3, -0.25) is 9.59 Å². The van der Waals surface area contributed by atoms with Crippen LogP contribution in [0.1, 0.15) is 15.9 Å². The highest BCUT2D eigenvalue weighted by Gasteiger charge is 2.35. The van der Waals surface area contributed by atoms with Crippen molar-refractivity contribution in [3.63, 3.8) is 0 Å². The summed E-state index contributed by atoms with van der Waals surface area (Å²) >= 11 is 0. The number of ketones is 1. The second-order valence-electron chi connectivity index (χ2n) is 4.59. The van der Waals surface area contributed by atoms with Crippen LogP contribution in [0.4, 0.5) is 5.69 Å². The zero-order valence-electron chi connectivity index (χ0n) is 11.0. The van der Waals surface area contributed by atoms with Crippen molar-refractivity contribution in [2.75, 3.05) is 12.0 Å². The van der Waals surface area contributed by atoms with Gasteiger partial charge in [0.25, 0.3) is 11.7 Å². The van der Waals surface area contributed by atoms with E-state index in [-0.39, 0.29) is 0 Å². The first kappa shape index (κ1) is 12.4. The van der Waals surface area contributed by atoms with E-state index in [1.54, 1.807) is 25.3 Å². The van der Waals surface area contributed by atoms with Crippen LogP contribution in [-0.4, -0.2) is 18.8 Å². The molecule has 100 valence electrons. The van der Waals surface area contributed by atoms with Gasteiger partial charge in [-0.25, -0.2) is 0 Å². The molecule has 1 heterocycles. The summed E-state index contributed by atoms with van der Waals surface area (Å²) in [6.07, 6.45) is 0. The van der Waals surface area contributed by atoms with Crippen LogP contribution in [0.5, 0.6) is 5.75 Å². The Morgan fingerprint density at radius 3 is 2.50 bits per heavy atom. The number of carbonyl (C=O) groups is 2. The van der Waals surface area contributed by atoms with Crippen molar-refractivity contribution in [1.29, 1.82) is 0 Å². The van der Waals surface area contributed by atoms with Crippen molar-refractivity contribution in [3.8, 4) is 5.75 Å². The van der Waals surface area contributed by atoms with Gasteiger partial charge in [0.05, 0.1) is 24.9 Å². The minimum absolute atomic E-state index is 0.381. The molecular weight excluding hydrogens is 254 g/mol. The van der Waals surface area contributed by atoms with Crippen molar-refractivity contribution in [2.24, 2.45) is 0 Å². The number of fused-ring (bicyclic) bond motifs is 1. The predicted octanol–water partition coefficient (Wildman–Crippen LogP) is 2.42. The summed E-state index contributed by atoms with van der Waals surface area (Å²) in [7, 11) is 1.56. The molecular formula is C16H13NO3. The number of methoxy groups -OCH3 is 1. The minimum atomic E-state index is -0.489. The average molecular weight is 267 g/mol. The SMILES string of the molecule is COc1ccc2c(c1)N(Cc1ccccc1)C(=O)C2=O. The number of ether oxygens (including phenoxy) is 1. The zero-order valence-corrected chi connectivity index (χ0v) is 11.0. The van der Waals surface area contributed by atoms with E-state index in [4.69, 9.17) is 4.74 Å². The first-order chi connectivity index (χ1) is 9.70. The van der Waals surface area contributed by atoms with Gasteiger partial charge in [0.2, 0.25) is 0 Å². The van der Waals surface area contributed by atoms with Crippen molar-refractivity contribution in [3.05, 3.63) is 59.7 Å². The van der Waals surface area contributed by atoms with E-state index in [1.165, 1.54) is 4.90 Å². The van der Waals surface area contributed by atoms with Gasteiger partial charge in [-0.15, -0.1) is 0 Å². The molecule has 0 fully saturated rings. The minimum Gasteiger partial charge on any atom is -0.497 e. The summed E-state index contributed by atoms with van der Waals surface area (Å²) in [5.41, 5.74) is 2.03. The Hall–Kier alpha value is -2.62. The quantitative estimate of drug-likeness (QED) is 0.802. The van der Waals surface area contributed by atoms with Crippen LogP contribution in [-0.2, 0) is 11.3 Å². The highest BCUT2D eigenvalue weighted by molar-refractivity contribution is 6.52. The van der Waals surface area contributed by atoms with Crippen LogP contribution >= 0.6 is 0 Å². The summed E-state index contributed by atoms with van der Waals surface area (Å²) in [4.78, 5) is 25.6. The smallest absolute Gasteiger partial charge is 0.299 e. The van der Waals surface area contributed by atoms with Gasteiger partial charge in [0.1, 0.15) is 5.75 Å². The Morgan fingerprint density at radius 2 is 1.80 bits per heavy atom. The van der Waals surface area contributed by atoms with Crippen molar-refractivity contribution in [2.45, 2.75) is 6.54 Å². The average Bonchev–Trinajstić information content (AvgIpc) is 2.73. The molecule has 0 aliphatic carbocycles. The van der Waals surface area contributed by atoms with Gasteiger partial charge in [-0.1, -0.05) is 30.3 Å². The maximum absolute atomic E-state index is 12.1. The lowest BCUT2D eigenvalue weighted by molar-refractivity contribution is -0.114. The molecule has 0 saturated heterocycles. The molecule has 4 heteroatoms. The van der Waals surface area contributed by atoms with E-state index in [0.717, 1.165) is 5.56 Å². The lowest BCUT2D eigenvalue weighted by atomic mass is 10.1. The number of carbonyl (C=O) groups excluding carboxylic acids is 2. The number of anilines is 1. The molecule has 0 atom stereocenters. The van der Waals surface area contributed by atoms with Crippen LogP contribution in [0.3, 0.4) is 0 Å². The lowest BCUT2D eigenvalue weighted by Crippen LogP contribution is -2.29. The summed E-state index contributed by atoms with van der Waals surface area (Å²) in [5, 5.41) is 0. The summed E-state index contributed by atoms with van der Waals surface area (Å²) < 4.78 is 5.16. The van der Waals surface area contributed by atoms with Crippen LogP contribution in [0.2, 0.25) is 0 Å². The van der Waals surface area contributed by atoms with Crippen LogP contribution in [0.25, 0.3) is 0 Å². The van der Waals surface area contributed by atoms with Crippen molar-refractivity contribution >= 4 is 17.4 Å². The number of benzene rings is 2. The molecule has 1 aliphatic heterocycles. The molecule has 0 bridgehead atoms. The first-order valence-corrected chi connectivity index (χ1v) is 6.29. The van der Waals surface area contributed by atoms with E-state index in [9.17, 15) is 9.59 Å². The first-order valence-electron chi connectivity index (χ1n) is 6.29. The van der Waals surface area contributed by atoms with E-state index in [0.29, 0.717) is 23.5 Å². The van der Waals surface area contributed by atoms with Crippen LogP contribution in [0, 0.1) is 0 Å². The van der Waals surface area contributed by atoms with E-state index < -0.39 is 11.7 Å². The van der Waals surface area contributed by atoms with Gasteiger partial charge in [0, 0.05) is 6.07 Å². The molecule has 0 spiro atoms. The van der Waals surface area contributed by atoms with Gasteiger partial charge in [-0.05, 0) is 17.7 Å². The molecule has 2 aromatic rings. The number of rotatable bonds is 3. The lowest BCUT2D eigenvalue weighted by Gasteiger charge is -2.17. The van der Waals surface area contributed by atoms with Crippen LogP contribution < -0.4 is 9.64 Å². The highest BCUT2D eigenvalue weighted by atomic mass is 16.5. The van der Waals surface area contributed by atoms with Crippen molar-refractivity contribution in [1.82, 2.24) is 0 Å². The molecule has 0 unspecified atom stereocenters. The number of hydrogen-bond acceptors (Lipinski definition) is 3. The Morgan fingerprint density at radius 1 is 1.05 bits per heavy atom. The maximum atomic E-state index is 12.1. The third kappa shape index (κ3) is 1.95. The van der Waals surface area contributed by atoms with Gasteiger partial charge >= 0.3 is 0 Å². The third-order valence-corrected chi connectivity index (χ3v) is 3.36. The molecule has 0 aromatic heterocycles. The zero-order chi connectivity index (χ0) is 14.1. The normalized spacial score (nSPS) is 13.6. The molecule has 20 heavy (non-hydrogen) atoms. The Kier molecular flexibility index (Phi) is 2.99. The molecule has 2 aromatic carbocycles. The summed E-state index contributed by atoms with van der Waals surface area (Å²) in [6, 6.07) is 14.6. The largest absolute Gasteiger partial charge is 0.497 e. The second-order valence-corrected chi connectivity index (χ2v) is 4.59. The van der Waals surface area contributed by atoms with Gasteiger partial charge in [0.15, 0.2) is 0 Å². The summed E-state index contributed by atoms with van der Waals surface area (Å²) in [5.74, 6) is -0.319. The van der Waals surface area contributed by atoms with Crippen molar-refractivity contribution < 1.29 is 14.3 Å². The molecule has 1 amide bonds. The number of Topliss-reactive ketones (excluding diaryl/α,β-unsaturated/α-hetero) is 1. The number of amides is 1. The molecule has 1 aliphatic rings. The monoisotopic (exact) mass is 267 g/mol. The predicted molar refractivity (Wildman–Crippen MR) is 75.0 cm³/mol. The Labute approximate surface area is 116 Å². The van der Waals surface area contributed by atoms with E-state index in [1.807, 2.05) is 30.3 Å². The Bertz CT molecular complexity index is 679. The molecule has 0 radical (unpaired) electrons. The van der Waals surface area contributed by atoms with Crippen LogP contribution in [0.15, 0.2) is 48.5 Å². The van der Waals surface area contributed by atoms with Gasteiger partial charge < -0.3 is 9.64 Å². The fourth-order valence-electron chi connectivity index (χ4n) is 2.32. The van der Waals surface area contributed by atoms with E-state index in [2.05, 4.69) is 0 Å². The van der Waals surface area contributed by atoms with Gasteiger partial charge in [-0.2, -0.15) is 0 Å². The second kappa shape index (κ2) is 4.81. The molecule has 3 rings (SSSR count). The maximum Gasteiger partial charge on any atom is 0.299 e. The standard InChI is InChI=1S/C16H13NO3/c1-20-12-7-8-13-14(9-12)17(16(19)15(13)18)10-11-5-3-2-4-6-11/h2-9H,10H2,1H3.